The fraction of sp³-hybridized carbons (Fsp3) is 0.667. The summed E-state index contributed by atoms with van der Waals surface area (Å²) in [6.07, 6.45) is 0. The topological polar surface area (TPSA) is 24.9 Å². The maximum absolute atomic E-state index is 5.99. The molecule has 23 heavy (non-hydrogen) atoms. The minimum absolute atomic E-state index is 0.309. The van der Waals surface area contributed by atoms with Gasteiger partial charge >= 0.3 is 0 Å². The minimum Gasteiger partial charge on any atom is -0.380 e. The fourth-order valence-corrected chi connectivity index (χ4v) is 4.47. The highest BCUT2D eigenvalue weighted by atomic mass is 35.5. The molecule has 0 unspecified atom stereocenters. The number of hydrogen-bond acceptors (Lipinski definition) is 4. The molecule has 0 aromatic heterocycles. The lowest BCUT2D eigenvalue weighted by molar-refractivity contribution is 0.0102. The van der Waals surface area contributed by atoms with E-state index in [1.807, 2.05) is 12.1 Å². The number of morpholine rings is 1. The molecular formula is C18H25ClN2O2. The summed E-state index contributed by atoms with van der Waals surface area (Å²) in [6.45, 7) is 10.1. The van der Waals surface area contributed by atoms with Crippen LogP contribution in [0, 0.1) is 11.3 Å². The molecule has 1 aromatic carbocycles. The number of rotatable bonds is 4. The van der Waals surface area contributed by atoms with Crippen LogP contribution in [0.1, 0.15) is 5.56 Å². The van der Waals surface area contributed by atoms with Crippen LogP contribution in [-0.4, -0.2) is 69.0 Å². The Labute approximate surface area is 143 Å². The van der Waals surface area contributed by atoms with E-state index in [0.717, 1.165) is 70.7 Å². The van der Waals surface area contributed by atoms with Crippen molar-refractivity contribution in [2.75, 3.05) is 59.2 Å². The second-order valence-corrected chi connectivity index (χ2v) is 7.70. The molecule has 1 aromatic rings. The maximum Gasteiger partial charge on any atom is 0.0594 e. The van der Waals surface area contributed by atoms with E-state index in [1.54, 1.807) is 0 Å². The Kier molecular flexibility index (Phi) is 4.61. The zero-order valence-electron chi connectivity index (χ0n) is 13.5. The summed E-state index contributed by atoms with van der Waals surface area (Å²) in [5.74, 6) is 0.664. The van der Waals surface area contributed by atoms with Crippen molar-refractivity contribution in [3.63, 3.8) is 0 Å². The Morgan fingerprint density at radius 3 is 2.65 bits per heavy atom. The molecule has 126 valence electrons. The number of hydrogen-bond donors (Lipinski definition) is 0. The van der Waals surface area contributed by atoms with E-state index >= 15 is 0 Å². The largest absolute Gasteiger partial charge is 0.380 e. The lowest BCUT2D eigenvalue weighted by Gasteiger charge is -2.36. The Balaban J connectivity index is 1.42. The van der Waals surface area contributed by atoms with Gasteiger partial charge in [-0.15, -0.1) is 0 Å². The van der Waals surface area contributed by atoms with E-state index in [0.29, 0.717) is 11.3 Å². The van der Waals surface area contributed by atoms with Crippen LogP contribution < -0.4 is 0 Å². The van der Waals surface area contributed by atoms with Crippen molar-refractivity contribution in [3.8, 4) is 0 Å². The average molecular weight is 337 g/mol. The van der Waals surface area contributed by atoms with Gasteiger partial charge in [0, 0.05) is 55.6 Å². The molecule has 0 N–H and O–H groups in total. The van der Waals surface area contributed by atoms with Crippen LogP contribution in [0.2, 0.25) is 5.02 Å². The number of nitrogens with zero attached hydrogens (tertiary/aromatic N) is 2. The highest BCUT2D eigenvalue weighted by molar-refractivity contribution is 6.30. The van der Waals surface area contributed by atoms with Crippen LogP contribution >= 0.6 is 11.6 Å². The van der Waals surface area contributed by atoms with Crippen molar-refractivity contribution in [2.45, 2.75) is 6.54 Å². The van der Waals surface area contributed by atoms with Gasteiger partial charge in [0.2, 0.25) is 0 Å². The van der Waals surface area contributed by atoms with E-state index in [2.05, 4.69) is 21.9 Å². The van der Waals surface area contributed by atoms with Gasteiger partial charge in [0.15, 0.2) is 0 Å². The maximum atomic E-state index is 5.99. The van der Waals surface area contributed by atoms with Crippen LogP contribution in [0.4, 0.5) is 0 Å². The monoisotopic (exact) mass is 336 g/mol. The van der Waals surface area contributed by atoms with Crippen molar-refractivity contribution in [1.82, 2.24) is 9.80 Å². The second kappa shape index (κ2) is 6.69. The average Bonchev–Trinajstić information content (AvgIpc) is 3.07. The predicted octanol–water partition coefficient (Wildman–Crippen LogP) is 2.12. The lowest BCUT2D eigenvalue weighted by atomic mass is 9.80. The first-order valence-corrected chi connectivity index (χ1v) is 8.96. The minimum atomic E-state index is 0.309. The molecule has 4 rings (SSSR count). The van der Waals surface area contributed by atoms with Gasteiger partial charge in [-0.1, -0.05) is 23.7 Å². The molecule has 3 heterocycles. The smallest absolute Gasteiger partial charge is 0.0594 e. The molecule has 0 spiro atoms. The summed E-state index contributed by atoms with van der Waals surface area (Å²) >= 11 is 5.99. The number of likely N-dealkylation sites (tertiary alicyclic amines) is 1. The summed E-state index contributed by atoms with van der Waals surface area (Å²) in [4.78, 5) is 5.16. The summed E-state index contributed by atoms with van der Waals surface area (Å²) in [5, 5.41) is 0.809. The SMILES string of the molecule is Clc1ccc(CN2C[C@@H]3COC[C@]3(CN3CCOCC3)C2)cc1. The van der Waals surface area contributed by atoms with Crippen LogP contribution in [0.5, 0.6) is 0 Å². The van der Waals surface area contributed by atoms with Gasteiger partial charge in [0.1, 0.15) is 0 Å². The number of fused-ring (bicyclic) bond motifs is 1. The molecule has 0 amide bonds. The van der Waals surface area contributed by atoms with Gasteiger partial charge in [-0.3, -0.25) is 9.80 Å². The molecule has 0 saturated carbocycles. The van der Waals surface area contributed by atoms with E-state index in [9.17, 15) is 0 Å². The van der Waals surface area contributed by atoms with Crippen molar-refractivity contribution in [3.05, 3.63) is 34.9 Å². The first-order chi connectivity index (χ1) is 11.2. The molecule has 5 heteroatoms. The molecular weight excluding hydrogens is 312 g/mol. The molecule has 0 bridgehead atoms. The van der Waals surface area contributed by atoms with Gasteiger partial charge in [-0.25, -0.2) is 0 Å². The highest BCUT2D eigenvalue weighted by Gasteiger charge is 2.51. The predicted molar refractivity (Wildman–Crippen MR) is 90.7 cm³/mol. The summed E-state index contributed by atoms with van der Waals surface area (Å²) in [5.41, 5.74) is 1.65. The standard InChI is InChI=1S/C18H25ClN2O2/c19-17-3-1-15(2-4-17)9-21-10-16-11-23-14-18(16,13-21)12-20-5-7-22-8-6-20/h1-4,16H,5-14H2/t16-,18+/m1/s1. The van der Waals surface area contributed by atoms with E-state index in [1.165, 1.54) is 5.56 Å². The Bertz CT molecular complexity index is 532. The third-order valence-corrected chi connectivity index (χ3v) is 5.81. The van der Waals surface area contributed by atoms with Crippen LogP contribution in [-0.2, 0) is 16.0 Å². The first kappa shape index (κ1) is 15.9. The molecule has 3 saturated heterocycles. The van der Waals surface area contributed by atoms with Crippen LogP contribution in [0.25, 0.3) is 0 Å². The van der Waals surface area contributed by atoms with Gasteiger partial charge in [0.05, 0.1) is 26.4 Å². The molecule has 4 nitrogen and oxygen atoms in total. The normalized spacial score (nSPS) is 32.3. The number of halogens is 1. The fourth-order valence-electron chi connectivity index (χ4n) is 4.34. The number of ether oxygens (including phenoxy) is 2. The van der Waals surface area contributed by atoms with E-state index < -0.39 is 0 Å². The van der Waals surface area contributed by atoms with Crippen molar-refractivity contribution < 1.29 is 9.47 Å². The molecule has 3 aliphatic rings. The number of benzene rings is 1. The van der Waals surface area contributed by atoms with Gasteiger partial charge in [-0.2, -0.15) is 0 Å². The molecule has 3 fully saturated rings. The third-order valence-electron chi connectivity index (χ3n) is 5.55. The molecule has 3 aliphatic heterocycles. The van der Waals surface area contributed by atoms with Crippen molar-refractivity contribution >= 4 is 11.6 Å². The van der Waals surface area contributed by atoms with Gasteiger partial charge in [0.25, 0.3) is 0 Å². The zero-order valence-corrected chi connectivity index (χ0v) is 14.3. The highest BCUT2D eigenvalue weighted by Crippen LogP contribution is 2.42. The lowest BCUT2D eigenvalue weighted by Crippen LogP contribution is -2.47. The Hall–Kier alpha value is -0.650. The second-order valence-electron chi connectivity index (χ2n) is 7.26. The first-order valence-electron chi connectivity index (χ1n) is 8.58. The summed E-state index contributed by atoms with van der Waals surface area (Å²) < 4.78 is 11.4. The van der Waals surface area contributed by atoms with E-state index in [4.69, 9.17) is 21.1 Å². The Morgan fingerprint density at radius 2 is 1.87 bits per heavy atom. The summed E-state index contributed by atoms with van der Waals surface area (Å²) in [7, 11) is 0. The quantitative estimate of drug-likeness (QED) is 0.841. The van der Waals surface area contributed by atoms with Crippen LogP contribution in [0.3, 0.4) is 0 Å². The third kappa shape index (κ3) is 3.42. The van der Waals surface area contributed by atoms with Gasteiger partial charge < -0.3 is 9.47 Å². The zero-order chi connectivity index (χ0) is 15.7. The van der Waals surface area contributed by atoms with Gasteiger partial charge in [-0.05, 0) is 17.7 Å². The molecule has 0 aliphatic carbocycles. The van der Waals surface area contributed by atoms with Crippen molar-refractivity contribution in [1.29, 1.82) is 0 Å². The summed E-state index contributed by atoms with van der Waals surface area (Å²) in [6, 6.07) is 8.25. The van der Waals surface area contributed by atoms with Crippen LogP contribution in [0.15, 0.2) is 24.3 Å². The molecule has 2 atom stereocenters. The Morgan fingerprint density at radius 1 is 1.09 bits per heavy atom. The van der Waals surface area contributed by atoms with E-state index in [-0.39, 0.29) is 0 Å². The molecule has 0 radical (unpaired) electrons. The van der Waals surface area contributed by atoms with Crippen molar-refractivity contribution in [2.24, 2.45) is 11.3 Å².